The molecule has 0 aliphatic heterocycles. The highest BCUT2D eigenvalue weighted by atomic mass is 32.2. The smallest absolute Gasteiger partial charge is 0.281 e. The van der Waals surface area contributed by atoms with Gasteiger partial charge < -0.3 is 0 Å². The lowest BCUT2D eigenvalue weighted by Crippen LogP contribution is -2.79. The Balaban J connectivity index is 7.56. The lowest BCUT2D eigenvalue weighted by atomic mass is 9.84. The Morgan fingerprint density at radius 2 is 0.522 bits per heavy atom. The van der Waals surface area contributed by atoms with E-state index in [9.17, 15) is 131 Å². The van der Waals surface area contributed by atoms with Gasteiger partial charge in [0.05, 0.1) is 0 Å². The lowest BCUT2D eigenvalue weighted by molar-refractivity contribution is -0.479. The minimum atomic E-state index is -9.96. The Labute approximate surface area is 230 Å². The van der Waals surface area contributed by atoms with E-state index in [-0.39, 0.29) is 0 Å². The van der Waals surface area contributed by atoms with Crippen LogP contribution in [0.5, 0.6) is 0 Å². The van der Waals surface area contributed by atoms with Gasteiger partial charge in [0.15, 0.2) is 0 Å². The SMILES string of the molecule is O=S(=O)(O)C(F)(F)C(F)(F)C(F)(F)C(F)(F)C(F)(F)C(F)(F)C(F)(F)C(F)(F)C(F)(F)C(F)(F)C(F)(F)C(F)(F)C(F)C(F)(F)F. The maximum Gasteiger partial charge on any atom is 0.438 e. The number of hydrogen-bond acceptors (Lipinski definition) is 2. The molecule has 0 bridgehead atoms. The quantitative estimate of drug-likeness (QED) is 0.151. The van der Waals surface area contributed by atoms with Crippen molar-refractivity contribution in [3.63, 3.8) is 0 Å². The second kappa shape index (κ2) is 10.5. The molecular formula is C14H2F28O3S. The maximum atomic E-state index is 13.6. The topological polar surface area (TPSA) is 54.4 Å². The molecule has 0 fully saturated rings. The molecule has 1 N–H and O–H groups in total. The molecule has 0 saturated heterocycles. The van der Waals surface area contributed by atoms with Gasteiger partial charge in [0.25, 0.3) is 6.17 Å². The first-order chi connectivity index (χ1) is 19.2. The van der Waals surface area contributed by atoms with Crippen molar-refractivity contribution in [1.29, 1.82) is 0 Å². The van der Waals surface area contributed by atoms with Crippen LogP contribution in [0.15, 0.2) is 0 Å². The molecule has 0 aromatic rings. The van der Waals surface area contributed by atoms with Crippen molar-refractivity contribution in [3.05, 3.63) is 0 Å². The minimum Gasteiger partial charge on any atom is -0.281 e. The van der Waals surface area contributed by atoms with Crippen LogP contribution in [-0.2, 0) is 10.1 Å². The number of rotatable bonds is 13. The molecular weight excluding hydrogens is 780 g/mol. The van der Waals surface area contributed by atoms with Crippen LogP contribution in [0.2, 0.25) is 0 Å². The molecule has 0 aliphatic carbocycles. The normalized spacial score (nSPS) is 17.8. The van der Waals surface area contributed by atoms with Crippen LogP contribution < -0.4 is 0 Å². The molecule has 1 unspecified atom stereocenters. The zero-order valence-corrected chi connectivity index (χ0v) is 20.1. The summed E-state index contributed by atoms with van der Waals surface area (Å²) < 4.78 is 399. The molecule has 0 aliphatic rings. The van der Waals surface area contributed by atoms with Crippen molar-refractivity contribution < 1.29 is 136 Å². The zero-order valence-electron chi connectivity index (χ0n) is 19.3. The number of alkyl halides is 28. The van der Waals surface area contributed by atoms with Crippen LogP contribution in [-0.4, -0.2) is 95.7 Å². The van der Waals surface area contributed by atoms with Crippen LogP contribution in [0.4, 0.5) is 123 Å². The van der Waals surface area contributed by atoms with Gasteiger partial charge in [-0.1, -0.05) is 0 Å². The third kappa shape index (κ3) is 5.06. The third-order valence-corrected chi connectivity index (χ3v) is 6.17. The van der Waals surface area contributed by atoms with E-state index in [1.54, 1.807) is 0 Å². The van der Waals surface area contributed by atoms with E-state index in [0.717, 1.165) is 0 Å². The molecule has 0 aromatic heterocycles. The van der Waals surface area contributed by atoms with Crippen LogP contribution in [0.1, 0.15) is 0 Å². The summed E-state index contributed by atoms with van der Waals surface area (Å²) in [5.41, 5.74) is 0. The molecule has 0 saturated carbocycles. The summed E-state index contributed by atoms with van der Waals surface area (Å²) in [5.74, 6) is -105. The van der Waals surface area contributed by atoms with Crippen molar-refractivity contribution in [1.82, 2.24) is 0 Å². The van der Waals surface area contributed by atoms with E-state index in [1.165, 1.54) is 0 Å². The second-order valence-electron chi connectivity index (χ2n) is 8.26. The second-order valence-corrected chi connectivity index (χ2v) is 9.73. The molecule has 0 rings (SSSR count). The van der Waals surface area contributed by atoms with Crippen molar-refractivity contribution in [3.8, 4) is 0 Å². The Morgan fingerprint density at radius 1 is 0.348 bits per heavy atom. The fourth-order valence-corrected chi connectivity index (χ4v) is 2.95. The van der Waals surface area contributed by atoms with E-state index in [0.29, 0.717) is 0 Å². The first kappa shape index (κ1) is 43.9. The standard InChI is InChI=1S/C14H2F28O3S/c15-1(3(18,19)20)2(16,17)4(21,22)5(23,24)6(25,26)7(27,28)8(29,30)9(31,32)10(33,34)11(35,36)12(37,38)13(39,40)14(41,42)46(43,44)45/h1H,(H,43,44,45). The van der Waals surface area contributed by atoms with E-state index in [2.05, 4.69) is 0 Å². The van der Waals surface area contributed by atoms with Gasteiger partial charge in [-0.05, 0) is 0 Å². The number of hydrogen-bond donors (Lipinski definition) is 1. The molecule has 32 heteroatoms. The lowest BCUT2D eigenvalue weighted by Gasteiger charge is -2.46. The van der Waals surface area contributed by atoms with Crippen LogP contribution in [0.3, 0.4) is 0 Å². The maximum absolute atomic E-state index is 13.6. The summed E-state index contributed by atoms with van der Waals surface area (Å²) in [6.45, 7) is 0. The van der Waals surface area contributed by atoms with Crippen LogP contribution in [0, 0.1) is 0 Å². The Bertz CT molecular complexity index is 1240. The van der Waals surface area contributed by atoms with Crippen LogP contribution >= 0.6 is 0 Å². The zero-order chi connectivity index (χ0) is 38.6. The third-order valence-electron chi connectivity index (χ3n) is 5.26. The Morgan fingerprint density at radius 3 is 0.696 bits per heavy atom. The average molecular weight is 782 g/mol. The molecule has 1 atom stereocenters. The fourth-order valence-electron chi connectivity index (χ4n) is 2.50. The van der Waals surface area contributed by atoms with Gasteiger partial charge in [0, 0.05) is 0 Å². The molecule has 0 radical (unpaired) electrons. The van der Waals surface area contributed by atoms with Gasteiger partial charge in [-0.3, -0.25) is 4.55 Å². The molecule has 0 heterocycles. The van der Waals surface area contributed by atoms with Gasteiger partial charge in [0.2, 0.25) is 0 Å². The molecule has 0 aromatic carbocycles. The molecule has 278 valence electrons. The van der Waals surface area contributed by atoms with Crippen LogP contribution in [0.25, 0.3) is 0 Å². The predicted molar refractivity (Wildman–Crippen MR) is 81.9 cm³/mol. The van der Waals surface area contributed by atoms with Crippen molar-refractivity contribution in [2.75, 3.05) is 0 Å². The summed E-state index contributed by atoms with van der Waals surface area (Å²) in [6, 6.07) is 0. The summed E-state index contributed by atoms with van der Waals surface area (Å²) in [7, 11) is -8.32. The Kier molecular flexibility index (Phi) is 10.0. The van der Waals surface area contributed by atoms with Gasteiger partial charge in [-0.2, -0.15) is 127 Å². The highest BCUT2D eigenvalue weighted by Gasteiger charge is 3.00. The largest absolute Gasteiger partial charge is 0.438 e. The highest BCUT2D eigenvalue weighted by molar-refractivity contribution is 7.87. The van der Waals surface area contributed by atoms with Gasteiger partial charge >= 0.3 is 86.7 Å². The summed E-state index contributed by atoms with van der Waals surface area (Å²) in [5, 5.41) is -8.30. The summed E-state index contributed by atoms with van der Waals surface area (Å²) in [6.07, 6.45) is -14.5. The number of halogens is 28. The first-order valence-corrected chi connectivity index (χ1v) is 10.8. The van der Waals surface area contributed by atoms with Crippen molar-refractivity contribution in [2.45, 2.75) is 82.8 Å². The van der Waals surface area contributed by atoms with E-state index < -0.39 is 92.9 Å². The minimum absolute atomic E-state index is 6.90. The van der Waals surface area contributed by atoms with Crippen molar-refractivity contribution in [2.24, 2.45) is 0 Å². The predicted octanol–water partition coefficient (Wildman–Crippen LogP) is 8.36. The summed E-state index contributed by atoms with van der Waals surface area (Å²) in [4.78, 5) is 0. The van der Waals surface area contributed by atoms with E-state index in [1.807, 2.05) is 0 Å². The fraction of sp³-hybridized carbons (Fsp3) is 1.00. The van der Waals surface area contributed by atoms with E-state index in [4.69, 9.17) is 4.55 Å². The van der Waals surface area contributed by atoms with Gasteiger partial charge in [-0.15, -0.1) is 0 Å². The highest BCUT2D eigenvalue weighted by Crippen LogP contribution is 2.68. The van der Waals surface area contributed by atoms with Gasteiger partial charge in [-0.25, -0.2) is 4.39 Å². The molecule has 0 amide bonds. The molecule has 46 heavy (non-hydrogen) atoms. The summed E-state index contributed by atoms with van der Waals surface area (Å²) >= 11 is 0. The average Bonchev–Trinajstić information content (AvgIpc) is 2.80. The molecule has 0 spiro atoms. The monoisotopic (exact) mass is 782 g/mol. The first-order valence-electron chi connectivity index (χ1n) is 9.37. The molecule has 3 nitrogen and oxygen atoms in total. The Hall–Kier alpha value is -2.05. The van der Waals surface area contributed by atoms with Gasteiger partial charge in [0.1, 0.15) is 0 Å². The van der Waals surface area contributed by atoms with Crippen molar-refractivity contribution >= 4 is 10.1 Å². The van der Waals surface area contributed by atoms with E-state index >= 15 is 0 Å².